The average molecular weight is 348 g/mol. The smallest absolute Gasteiger partial charge is 0.173 e. The van der Waals surface area contributed by atoms with E-state index in [1.54, 1.807) is 0 Å². The topological polar surface area (TPSA) is 61.8 Å². The van der Waals surface area contributed by atoms with Crippen LogP contribution in [0.5, 0.6) is 0 Å². The first kappa shape index (κ1) is 15.4. The van der Waals surface area contributed by atoms with E-state index in [0.717, 1.165) is 22.4 Å². The summed E-state index contributed by atoms with van der Waals surface area (Å²) in [5, 5.41) is 12.2. The molecule has 0 atom stereocenters. The second-order valence-corrected chi connectivity index (χ2v) is 5.56. The molecule has 110 valence electrons. The van der Waals surface area contributed by atoms with Crippen molar-refractivity contribution < 1.29 is 5.21 Å². The number of nitrogens with two attached hydrogens (primary N) is 1. The van der Waals surface area contributed by atoms with Crippen LogP contribution in [0.1, 0.15) is 18.1 Å². The molecule has 0 spiro atoms. The van der Waals surface area contributed by atoms with E-state index < -0.39 is 0 Å². The van der Waals surface area contributed by atoms with Gasteiger partial charge in [-0.2, -0.15) is 0 Å². The molecule has 2 aromatic carbocycles. The number of nitrogens with zero attached hydrogens (tertiary/aromatic N) is 2. The quantitative estimate of drug-likeness (QED) is 0.380. The fraction of sp³-hybridized carbons (Fsp3) is 0.188. The number of aryl methyl sites for hydroxylation is 1. The Morgan fingerprint density at radius 1 is 1.29 bits per heavy atom. The van der Waals surface area contributed by atoms with E-state index in [1.165, 1.54) is 5.56 Å². The highest BCUT2D eigenvalue weighted by molar-refractivity contribution is 9.10. The molecule has 2 aromatic rings. The van der Waals surface area contributed by atoms with E-state index in [9.17, 15) is 0 Å². The van der Waals surface area contributed by atoms with Crippen molar-refractivity contribution in [3.63, 3.8) is 0 Å². The standard InChI is InChI=1S/C16H18BrN3O/c1-3-20(12-7-4-6-11(2)10-12)14-9-5-8-13(17)15(14)16(18)19-21/h4-10,21H,3H2,1-2H3,(H2,18,19). The molecule has 0 fully saturated rings. The first-order valence-corrected chi connectivity index (χ1v) is 7.48. The lowest BCUT2D eigenvalue weighted by molar-refractivity contribution is 0.318. The summed E-state index contributed by atoms with van der Waals surface area (Å²) >= 11 is 3.47. The molecule has 5 heteroatoms. The predicted molar refractivity (Wildman–Crippen MR) is 90.5 cm³/mol. The van der Waals surface area contributed by atoms with Gasteiger partial charge in [-0.15, -0.1) is 0 Å². The maximum atomic E-state index is 9.03. The molecule has 0 heterocycles. The number of anilines is 2. The zero-order valence-electron chi connectivity index (χ0n) is 12.0. The molecule has 2 rings (SSSR count). The van der Waals surface area contributed by atoms with E-state index in [0.29, 0.717) is 5.56 Å². The highest BCUT2D eigenvalue weighted by atomic mass is 79.9. The van der Waals surface area contributed by atoms with Crippen molar-refractivity contribution in [3.05, 3.63) is 58.1 Å². The van der Waals surface area contributed by atoms with Crippen LogP contribution in [0.2, 0.25) is 0 Å². The summed E-state index contributed by atoms with van der Waals surface area (Å²) in [6.07, 6.45) is 0. The minimum absolute atomic E-state index is 0.0866. The van der Waals surface area contributed by atoms with Crippen LogP contribution in [0.3, 0.4) is 0 Å². The Morgan fingerprint density at radius 2 is 2.00 bits per heavy atom. The van der Waals surface area contributed by atoms with Gasteiger partial charge in [0, 0.05) is 16.7 Å². The largest absolute Gasteiger partial charge is 0.409 e. The predicted octanol–water partition coefficient (Wildman–Crippen LogP) is 4.01. The van der Waals surface area contributed by atoms with Crippen LogP contribution in [-0.4, -0.2) is 17.6 Å². The minimum atomic E-state index is 0.0866. The Kier molecular flexibility index (Phi) is 4.85. The molecule has 0 amide bonds. The monoisotopic (exact) mass is 347 g/mol. The molecule has 0 aromatic heterocycles. The van der Waals surface area contributed by atoms with E-state index >= 15 is 0 Å². The van der Waals surface area contributed by atoms with Gasteiger partial charge >= 0.3 is 0 Å². The van der Waals surface area contributed by atoms with E-state index in [1.807, 2.05) is 30.3 Å². The molecule has 0 aliphatic rings. The summed E-state index contributed by atoms with van der Waals surface area (Å²) in [6, 6.07) is 14.0. The fourth-order valence-corrected chi connectivity index (χ4v) is 2.89. The van der Waals surface area contributed by atoms with Gasteiger partial charge in [0.2, 0.25) is 0 Å². The van der Waals surface area contributed by atoms with Gasteiger partial charge in [-0.05, 0) is 59.6 Å². The van der Waals surface area contributed by atoms with Gasteiger partial charge in [0.05, 0.1) is 11.3 Å². The van der Waals surface area contributed by atoms with Crippen LogP contribution in [0, 0.1) is 6.92 Å². The van der Waals surface area contributed by atoms with Crippen molar-refractivity contribution in [2.24, 2.45) is 10.9 Å². The van der Waals surface area contributed by atoms with Crippen LogP contribution < -0.4 is 10.6 Å². The third-order valence-corrected chi connectivity index (χ3v) is 3.94. The lowest BCUT2D eigenvalue weighted by Gasteiger charge is -2.26. The van der Waals surface area contributed by atoms with E-state index in [2.05, 4.69) is 52.0 Å². The van der Waals surface area contributed by atoms with Crippen molar-refractivity contribution in [1.29, 1.82) is 0 Å². The number of rotatable bonds is 4. The van der Waals surface area contributed by atoms with Crippen LogP contribution in [-0.2, 0) is 0 Å². The zero-order chi connectivity index (χ0) is 15.4. The average Bonchev–Trinajstić information content (AvgIpc) is 2.47. The van der Waals surface area contributed by atoms with Crippen molar-refractivity contribution in [3.8, 4) is 0 Å². The highest BCUT2D eigenvalue weighted by Crippen LogP contribution is 2.32. The van der Waals surface area contributed by atoms with Crippen LogP contribution in [0.4, 0.5) is 11.4 Å². The summed E-state index contributed by atoms with van der Waals surface area (Å²) in [6.45, 7) is 4.90. The van der Waals surface area contributed by atoms with Gasteiger partial charge in [-0.3, -0.25) is 0 Å². The molecule has 0 bridgehead atoms. The van der Waals surface area contributed by atoms with E-state index in [-0.39, 0.29) is 5.84 Å². The SMILES string of the molecule is CCN(c1cccc(C)c1)c1cccc(Br)c1/C(N)=N/O. The van der Waals surface area contributed by atoms with Crippen molar-refractivity contribution in [2.75, 3.05) is 11.4 Å². The van der Waals surface area contributed by atoms with E-state index in [4.69, 9.17) is 10.9 Å². The third kappa shape index (κ3) is 3.19. The lowest BCUT2D eigenvalue weighted by atomic mass is 10.1. The number of halogens is 1. The minimum Gasteiger partial charge on any atom is -0.409 e. The van der Waals surface area contributed by atoms with Crippen molar-refractivity contribution in [1.82, 2.24) is 0 Å². The van der Waals surface area contributed by atoms with Crippen LogP contribution in [0.15, 0.2) is 52.1 Å². The van der Waals surface area contributed by atoms with Crippen LogP contribution in [0.25, 0.3) is 0 Å². The van der Waals surface area contributed by atoms with Gasteiger partial charge in [-0.25, -0.2) is 0 Å². The van der Waals surface area contributed by atoms with Gasteiger partial charge in [0.15, 0.2) is 5.84 Å². The number of benzene rings is 2. The molecule has 0 saturated heterocycles. The summed E-state index contributed by atoms with van der Waals surface area (Å²) in [5.41, 5.74) is 9.68. The molecule has 0 saturated carbocycles. The summed E-state index contributed by atoms with van der Waals surface area (Å²) in [7, 11) is 0. The molecule has 3 N–H and O–H groups in total. The molecule has 4 nitrogen and oxygen atoms in total. The van der Waals surface area contributed by atoms with Gasteiger partial charge < -0.3 is 15.8 Å². The van der Waals surface area contributed by atoms with Gasteiger partial charge in [0.1, 0.15) is 0 Å². The van der Waals surface area contributed by atoms with Crippen LogP contribution >= 0.6 is 15.9 Å². The highest BCUT2D eigenvalue weighted by Gasteiger charge is 2.17. The Balaban J connectivity index is 2.61. The van der Waals surface area contributed by atoms with Crippen molar-refractivity contribution in [2.45, 2.75) is 13.8 Å². The first-order valence-electron chi connectivity index (χ1n) is 6.69. The zero-order valence-corrected chi connectivity index (χ0v) is 13.6. The van der Waals surface area contributed by atoms with Crippen molar-refractivity contribution >= 4 is 33.1 Å². The maximum absolute atomic E-state index is 9.03. The fourth-order valence-electron chi connectivity index (χ4n) is 2.33. The molecular weight excluding hydrogens is 330 g/mol. The lowest BCUT2D eigenvalue weighted by Crippen LogP contribution is -2.23. The summed E-state index contributed by atoms with van der Waals surface area (Å²) in [4.78, 5) is 2.13. The Morgan fingerprint density at radius 3 is 2.62 bits per heavy atom. The molecule has 0 radical (unpaired) electrons. The summed E-state index contributed by atoms with van der Waals surface area (Å²) < 4.78 is 0.793. The Labute approximate surface area is 133 Å². The first-order chi connectivity index (χ1) is 10.1. The van der Waals surface area contributed by atoms with Gasteiger partial charge in [-0.1, -0.05) is 23.4 Å². The molecule has 21 heavy (non-hydrogen) atoms. The number of hydrogen-bond acceptors (Lipinski definition) is 3. The molecule has 0 unspecified atom stereocenters. The molecule has 0 aliphatic carbocycles. The third-order valence-electron chi connectivity index (χ3n) is 3.28. The molecular formula is C16H18BrN3O. The van der Waals surface area contributed by atoms with Gasteiger partial charge in [0.25, 0.3) is 0 Å². The Hall–Kier alpha value is -2.01. The Bertz CT molecular complexity index is 670. The number of hydrogen-bond donors (Lipinski definition) is 2. The number of amidine groups is 1. The molecule has 0 aliphatic heterocycles. The number of oxime groups is 1. The normalized spacial score (nSPS) is 11.5. The second kappa shape index (κ2) is 6.63. The summed E-state index contributed by atoms with van der Waals surface area (Å²) in [5.74, 6) is 0.0866. The maximum Gasteiger partial charge on any atom is 0.173 e. The second-order valence-electron chi connectivity index (χ2n) is 4.70.